The number of imidazole rings is 1. The van der Waals surface area contributed by atoms with Gasteiger partial charge in [-0.25, -0.2) is 4.98 Å². The summed E-state index contributed by atoms with van der Waals surface area (Å²) >= 11 is 0. The zero-order valence-corrected chi connectivity index (χ0v) is 9.93. The Hall–Kier alpha value is -1.93. The van der Waals surface area contributed by atoms with Crippen molar-refractivity contribution in [2.75, 3.05) is 6.67 Å². The maximum atomic E-state index is 12.1. The number of alkyl halides is 1. The molecule has 94 valence electrons. The van der Waals surface area contributed by atoms with E-state index in [0.717, 1.165) is 5.52 Å². The monoisotopic (exact) mass is 247 g/mol. The lowest BCUT2D eigenvalue weighted by Gasteiger charge is -2.06. The number of aliphatic hydroxyl groups is 1. The van der Waals surface area contributed by atoms with Crippen LogP contribution in [-0.4, -0.2) is 21.3 Å². The Labute approximate surface area is 104 Å². The van der Waals surface area contributed by atoms with Gasteiger partial charge < -0.3 is 9.67 Å². The highest BCUT2D eigenvalue weighted by Gasteiger charge is 2.10. The van der Waals surface area contributed by atoms with Crippen LogP contribution in [0.1, 0.15) is 24.2 Å². The molecule has 1 aromatic carbocycles. The van der Waals surface area contributed by atoms with Crippen LogP contribution in [0.5, 0.6) is 0 Å². The van der Waals surface area contributed by atoms with Crippen LogP contribution in [0.25, 0.3) is 11.0 Å². The zero-order valence-electron chi connectivity index (χ0n) is 9.93. The van der Waals surface area contributed by atoms with Gasteiger partial charge >= 0.3 is 0 Å². The van der Waals surface area contributed by atoms with Crippen LogP contribution < -0.4 is 0 Å². The molecule has 0 spiro atoms. The van der Waals surface area contributed by atoms with Gasteiger partial charge in [-0.05, 0) is 31.0 Å². The molecule has 18 heavy (non-hydrogen) atoms. The zero-order chi connectivity index (χ0) is 13.0. The standard InChI is InChI=1S/C13H14FN3O/c14-5-1-2-6-17-12-4-3-10(8-15)7-11(12)16-13(17)9-18/h3-4,7,18H,1-2,5-6,9H2. The van der Waals surface area contributed by atoms with E-state index in [9.17, 15) is 9.50 Å². The minimum absolute atomic E-state index is 0.161. The number of unbranched alkanes of at least 4 members (excludes halogenated alkanes) is 1. The first-order chi connectivity index (χ1) is 8.80. The van der Waals surface area contributed by atoms with E-state index in [1.54, 1.807) is 12.1 Å². The second-order valence-electron chi connectivity index (χ2n) is 4.05. The fourth-order valence-corrected chi connectivity index (χ4v) is 1.98. The minimum Gasteiger partial charge on any atom is -0.388 e. The van der Waals surface area contributed by atoms with E-state index in [4.69, 9.17) is 5.26 Å². The summed E-state index contributed by atoms with van der Waals surface area (Å²) in [7, 11) is 0. The number of hydrogen-bond donors (Lipinski definition) is 1. The van der Waals surface area contributed by atoms with E-state index >= 15 is 0 Å². The Morgan fingerprint density at radius 1 is 1.39 bits per heavy atom. The highest BCUT2D eigenvalue weighted by atomic mass is 19.1. The molecular formula is C13H14FN3O. The number of fused-ring (bicyclic) bond motifs is 1. The van der Waals surface area contributed by atoms with Gasteiger partial charge in [0.2, 0.25) is 0 Å². The summed E-state index contributed by atoms with van der Waals surface area (Å²) in [6, 6.07) is 7.29. The molecule has 4 nitrogen and oxygen atoms in total. The van der Waals surface area contributed by atoms with Crippen molar-refractivity contribution in [3.05, 3.63) is 29.6 Å². The average molecular weight is 247 g/mol. The van der Waals surface area contributed by atoms with Crippen molar-refractivity contribution in [2.24, 2.45) is 0 Å². The van der Waals surface area contributed by atoms with E-state index in [1.807, 2.05) is 10.6 Å². The number of hydrogen-bond acceptors (Lipinski definition) is 3. The molecule has 0 unspecified atom stereocenters. The molecule has 1 aromatic heterocycles. The van der Waals surface area contributed by atoms with Crippen molar-refractivity contribution in [2.45, 2.75) is 26.0 Å². The van der Waals surface area contributed by atoms with Crippen molar-refractivity contribution in [3.8, 4) is 6.07 Å². The summed E-state index contributed by atoms with van der Waals surface area (Å²) in [6.07, 6.45) is 1.20. The van der Waals surface area contributed by atoms with Gasteiger partial charge in [0.15, 0.2) is 0 Å². The molecule has 5 heteroatoms. The van der Waals surface area contributed by atoms with E-state index in [0.29, 0.717) is 36.3 Å². The van der Waals surface area contributed by atoms with Gasteiger partial charge in [-0.3, -0.25) is 4.39 Å². The SMILES string of the molecule is N#Cc1ccc2c(c1)nc(CO)n2CCCCF. The molecule has 0 aliphatic carbocycles. The molecule has 2 aromatic rings. The molecule has 0 saturated heterocycles. The number of halogens is 1. The molecule has 1 heterocycles. The number of aromatic nitrogens is 2. The van der Waals surface area contributed by atoms with Gasteiger partial charge in [-0.15, -0.1) is 0 Å². The molecule has 2 rings (SSSR count). The Balaban J connectivity index is 2.40. The molecule has 1 N–H and O–H groups in total. The maximum absolute atomic E-state index is 12.1. The number of nitriles is 1. The lowest BCUT2D eigenvalue weighted by molar-refractivity contribution is 0.265. The third-order valence-corrected chi connectivity index (χ3v) is 2.86. The van der Waals surface area contributed by atoms with Crippen molar-refractivity contribution >= 4 is 11.0 Å². The number of aliphatic hydroxyl groups excluding tert-OH is 1. The number of nitrogens with zero attached hydrogens (tertiary/aromatic N) is 3. The molecule has 0 aliphatic heterocycles. The van der Waals surface area contributed by atoms with Crippen LogP contribution in [0.2, 0.25) is 0 Å². The first-order valence-electron chi connectivity index (χ1n) is 5.86. The first-order valence-corrected chi connectivity index (χ1v) is 5.86. The van der Waals surface area contributed by atoms with Crippen molar-refractivity contribution < 1.29 is 9.50 Å². The van der Waals surface area contributed by atoms with Gasteiger partial charge in [-0.1, -0.05) is 0 Å². The van der Waals surface area contributed by atoms with Crippen molar-refractivity contribution in [3.63, 3.8) is 0 Å². The van der Waals surface area contributed by atoms with Gasteiger partial charge in [0, 0.05) is 6.54 Å². The number of rotatable bonds is 5. The summed E-state index contributed by atoms with van der Waals surface area (Å²) in [5.41, 5.74) is 2.11. The molecule has 0 aliphatic rings. The van der Waals surface area contributed by atoms with E-state index in [2.05, 4.69) is 11.1 Å². The van der Waals surface area contributed by atoms with Gasteiger partial charge in [0.05, 0.1) is 29.3 Å². The predicted octanol–water partition coefficient (Wildman–Crippen LogP) is 2.15. The second-order valence-corrected chi connectivity index (χ2v) is 4.05. The van der Waals surface area contributed by atoms with Crippen LogP contribution in [0.4, 0.5) is 4.39 Å². The summed E-state index contributed by atoms with van der Waals surface area (Å²) in [4.78, 5) is 4.29. The Morgan fingerprint density at radius 3 is 2.89 bits per heavy atom. The Kier molecular flexibility index (Phi) is 3.90. The van der Waals surface area contributed by atoms with Crippen LogP contribution in [0.15, 0.2) is 18.2 Å². The normalized spacial score (nSPS) is 10.7. The molecule has 0 saturated carbocycles. The third kappa shape index (κ3) is 2.34. The lowest BCUT2D eigenvalue weighted by atomic mass is 10.2. The lowest BCUT2D eigenvalue weighted by Crippen LogP contribution is -2.04. The van der Waals surface area contributed by atoms with Crippen LogP contribution in [0, 0.1) is 11.3 Å². The van der Waals surface area contributed by atoms with Crippen molar-refractivity contribution in [1.29, 1.82) is 5.26 Å². The first kappa shape index (κ1) is 12.5. The largest absolute Gasteiger partial charge is 0.388 e. The Bertz CT molecular complexity index is 586. The average Bonchev–Trinajstić information content (AvgIpc) is 2.76. The fraction of sp³-hybridized carbons (Fsp3) is 0.385. The van der Waals surface area contributed by atoms with E-state index in [1.165, 1.54) is 0 Å². The van der Waals surface area contributed by atoms with Crippen molar-refractivity contribution in [1.82, 2.24) is 9.55 Å². The maximum Gasteiger partial charge on any atom is 0.135 e. The Morgan fingerprint density at radius 2 is 2.22 bits per heavy atom. The van der Waals surface area contributed by atoms with Gasteiger partial charge in [-0.2, -0.15) is 5.26 Å². The highest BCUT2D eigenvalue weighted by molar-refractivity contribution is 5.77. The summed E-state index contributed by atoms with van der Waals surface area (Å²) in [6.45, 7) is 0.133. The highest BCUT2D eigenvalue weighted by Crippen LogP contribution is 2.18. The molecule has 0 radical (unpaired) electrons. The summed E-state index contributed by atoms with van der Waals surface area (Å²) < 4.78 is 14.0. The topological polar surface area (TPSA) is 61.8 Å². The molecule has 0 amide bonds. The van der Waals surface area contributed by atoms with Gasteiger partial charge in [0.25, 0.3) is 0 Å². The van der Waals surface area contributed by atoms with Crippen LogP contribution in [0.3, 0.4) is 0 Å². The van der Waals surface area contributed by atoms with E-state index < -0.39 is 0 Å². The predicted molar refractivity (Wildman–Crippen MR) is 65.6 cm³/mol. The van der Waals surface area contributed by atoms with Gasteiger partial charge in [0.1, 0.15) is 12.4 Å². The molecule has 0 bridgehead atoms. The number of benzene rings is 1. The smallest absolute Gasteiger partial charge is 0.135 e. The minimum atomic E-state index is -0.334. The second kappa shape index (κ2) is 5.61. The number of aryl methyl sites for hydroxylation is 1. The van der Waals surface area contributed by atoms with E-state index in [-0.39, 0.29) is 13.3 Å². The third-order valence-electron chi connectivity index (χ3n) is 2.86. The summed E-state index contributed by atoms with van der Waals surface area (Å²) in [5, 5.41) is 18.1. The van der Waals surface area contributed by atoms with Crippen LogP contribution >= 0.6 is 0 Å². The molecule has 0 fully saturated rings. The molecule has 0 atom stereocenters. The fourth-order valence-electron chi connectivity index (χ4n) is 1.98. The molecular weight excluding hydrogens is 233 g/mol. The quantitative estimate of drug-likeness (QED) is 0.823. The van der Waals surface area contributed by atoms with Crippen LogP contribution in [-0.2, 0) is 13.2 Å². The summed E-state index contributed by atoms with van der Waals surface area (Å²) in [5.74, 6) is 0.555.